The quantitative estimate of drug-likeness (QED) is 0.755. The van der Waals surface area contributed by atoms with Gasteiger partial charge in [0.1, 0.15) is 5.82 Å². The van der Waals surface area contributed by atoms with Crippen molar-refractivity contribution in [2.24, 2.45) is 0 Å². The largest absolute Gasteiger partial charge is 0.320 e. The lowest BCUT2D eigenvalue weighted by Gasteiger charge is -2.05. The van der Waals surface area contributed by atoms with Gasteiger partial charge in [-0.2, -0.15) is 5.10 Å². The molecule has 5 heteroatoms. The summed E-state index contributed by atoms with van der Waals surface area (Å²) >= 11 is 0. The fourth-order valence-corrected chi connectivity index (χ4v) is 2.16. The molecule has 0 aliphatic rings. The van der Waals surface area contributed by atoms with Crippen LogP contribution in [0.4, 0.5) is 10.1 Å². The van der Waals surface area contributed by atoms with Gasteiger partial charge in [-0.15, -0.1) is 0 Å². The first-order valence-corrected chi connectivity index (χ1v) is 6.57. The number of nitrogens with zero attached hydrogens (tertiary/aromatic N) is 1. The normalized spacial score (nSPS) is 10.8. The number of aryl methyl sites for hydroxylation is 2. The number of carbonyl (C=O) groups is 1. The molecule has 0 aliphatic carbocycles. The van der Waals surface area contributed by atoms with Crippen LogP contribution < -0.4 is 5.32 Å². The van der Waals surface area contributed by atoms with Crippen molar-refractivity contribution < 1.29 is 9.18 Å². The molecule has 1 amide bonds. The Morgan fingerprint density at radius 1 is 1.19 bits per heavy atom. The summed E-state index contributed by atoms with van der Waals surface area (Å²) in [6.45, 7) is 3.62. The summed E-state index contributed by atoms with van der Waals surface area (Å²) in [5, 5.41) is 10.3. The van der Waals surface area contributed by atoms with Gasteiger partial charge in [-0.25, -0.2) is 4.39 Å². The van der Waals surface area contributed by atoms with Crippen LogP contribution in [-0.2, 0) is 0 Å². The molecule has 3 aromatic rings. The van der Waals surface area contributed by atoms with Crippen molar-refractivity contribution >= 4 is 22.5 Å². The summed E-state index contributed by atoms with van der Waals surface area (Å²) in [5.41, 5.74) is 3.08. The number of amides is 1. The third kappa shape index (κ3) is 2.50. The van der Waals surface area contributed by atoms with Gasteiger partial charge in [-0.1, -0.05) is 17.7 Å². The van der Waals surface area contributed by atoms with E-state index in [0.717, 1.165) is 16.5 Å². The van der Waals surface area contributed by atoms with Crippen LogP contribution in [0.5, 0.6) is 0 Å². The lowest BCUT2D eigenvalue weighted by molar-refractivity contribution is 0.102. The zero-order chi connectivity index (χ0) is 15.0. The number of halogens is 1. The SMILES string of the molecule is Cc1ccc2[nH]nc(C(=O)Nc3ccc(C)c(F)c3)c2c1. The predicted molar refractivity (Wildman–Crippen MR) is 79.9 cm³/mol. The van der Waals surface area contributed by atoms with Crippen molar-refractivity contribution in [1.29, 1.82) is 0 Å². The maximum absolute atomic E-state index is 13.5. The second kappa shape index (κ2) is 5.01. The smallest absolute Gasteiger partial charge is 0.276 e. The number of fused-ring (bicyclic) bond motifs is 1. The maximum atomic E-state index is 13.5. The molecule has 0 spiro atoms. The molecule has 0 bridgehead atoms. The number of benzene rings is 2. The minimum atomic E-state index is -0.366. The molecule has 3 rings (SSSR count). The highest BCUT2D eigenvalue weighted by molar-refractivity contribution is 6.11. The molecule has 21 heavy (non-hydrogen) atoms. The number of rotatable bonds is 2. The van der Waals surface area contributed by atoms with E-state index in [2.05, 4.69) is 15.5 Å². The molecule has 0 aliphatic heterocycles. The van der Waals surface area contributed by atoms with Gasteiger partial charge in [-0.05, 0) is 43.7 Å². The Hall–Kier alpha value is -2.69. The Balaban J connectivity index is 1.93. The van der Waals surface area contributed by atoms with Crippen molar-refractivity contribution in [1.82, 2.24) is 10.2 Å². The van der Waals surface area contributed by atoms with E-state index in [4.69, 9.17) is 0 Å². The number of nitrogens with one attached hydrogen (secondary N) is 2. The molecule has 0 fully saturated rings. The Morgan fingerprint density at radius 3 is 2.76 bits per heavy atom. The van der Waals surface area contributed by atoms with Crippen LogP contribution in [0, 0.1) is 19.7 Å². The van der Waals surface area contributed by atoms with E-state index in [1.807, 2.05) is 25.1 Å². The molecule has 2 aromatic carbocycles. The summed E-state index contributed by atoms with van der Waals surface area (Å²) in [4.78, 5) is 12.3. The van der Waals surface area contributed by atoms with E-state index in [-0.39, 0.29) is 11.7 Å². The Labute approximate surface area is 121 Å². The van der Waals surface area contributed by atoms with Gasteiger partial charge in [0, 0.05) is 11.1 Å². The molecule has 106 valence electrons. The minimum absolute atomic E-state index is 0.301. The van der Waals surface area contributed by atoms with Gasteiger partial charge >= 0.3 is 0 Å². The molecule has 1 heterocycles. The van der Waals surface area contributed by atoms with E-state index in [0.29, 0.717) is 16.9 Å². The van der Waals surface area contributed by atoms with Crippen LogP contribution in [0.3, 0.4) is 0 Å². The standard InChI is InChI=1S/C16H14FN3O/c1-9-3-6-14-12(7-9)15(20-19-14)16(21)18-11-5-4-10(2)13(17)8-11/h3-8H,1-2H3,(H,18,21)(H,19,20). The number of aromatic amines is 1. The molecule has 1 aromatic heterocycles. The summed E-state index contributed by atoms with van der Waals surface area (Å²) < 4.78 is 13.5. The predicted octanol–water partition coefficient (Wildman–Crippen LogP) is 3.57. The first-order valence-electron chi connectivity index (χ1n) is 6.57. The van der Waals surface area contributed by atoms with E-state index >= 15 is 0 Å². The topological polar surface area (TPSA) is 57.8 Å². The average molecular weight is 283 g/mol. The van der Waals surface area contributed by atoms with E-state index < -0.39 is 0 Å². The van der Waals surface area contributed by atoms with Gasteiger partial charge in [0.05, 0.1) is 5.52 Å². The summed E-state index contributed by atoms with van der Waals surface area (Å²) in [6, 6.07) is 10.3. The molecule has 0 unspecified atom stereocenters. The number of hydrogen-bond donors (Lipinski definition) is 2. The number of carbonyl (C=O) groups excluding carboxylic acids is 1. The second-order valence-electron chi connectivity index (χ2n) is 5.04. The molecular formula is C16H14FN3O. The third-order valence-corrected chi connectivity index (χ3v) is 3.36. The number of hydrogen-bond acceptors (Lipinski definition) is 2. The maximum Gasteiger partial charge on any atom is 0.276 e. The lowest BCUT2D eigenvalue weighted by atomic mass is 10.1. The monoisotopic (exact) mass is 283 g/mol. The molecular weight excluding hydrogens is 269 g/mol. The first kappa shape index (κ1) is 13.3. The van der Waals surface area contributed by atoms with Crippen molar-refractivity contribution in [2.75, 3.05) is 5.32 Å². The van der Waals surface area contributed by atoms with E-state index in [9.17, 15) is 9.18 Å². The molecule has 4 nitrogen and oxygen atoms in total. The summed E-state index contributed by atoms with van der Waals surface area (Å²) in [5.74, 6) is -0.717. The molecule has 0 saturated heterocycles. The van der Waals surface area contributed by atoms with Gasteiger partial charge < -0.3 is 5.32 Å². The minimum Gasteiger partial charge on any atom is -0.320 e. The zero-order valence-corrected chi connectivity index (χ0v) is 11.7. The fourth-order valence-electron chi connectivity index (χ4n) is 2.16. The van der Waals surface area contributed by atoms with Crippen LogP contribution in [-0.4, -0.2) is 16.1 Å². The van der Waals surface area contributed by atoms with Crippen molar-refractivity contribution in [3.05, 3.63) is 59.0 Å². The molecule has 2 N–H and O–H groups in total. The van der Waals surface area contributed by atoms with Gasteiger partial charge in [0.2, 0.25) is 0 Å². The number of H-pyrrole nitrogens is 1. The van der Waals surface area contributed by atoms with Crippen LogP contribution in [0.25, 0.3) is 10.9 Å². The number of aromatic nitrogens is 2. The Kier molecular flexibility index (Phi) is 3.17. The summed E-state index contributed by atoms with van der Waals surface area (Å²) in [7, 11) is 0. The highest BCUT2D eigenvalue weighted by atomic mass is 19.1. The van der Waals surface area contributed by atoms with Crippen LogP contribution in [0.1, 0.15) is 21.6 Å². The first-order chi connectivity index (χ1) is 10.0. The van der Waals surface area contributed by atoms with Crippen LogP contribution in [0.2, 0.25) is 0 Å². The van der Waals surface area contributed by atoms with E-state index in [1.54, 1.807) is 19.1 Å². The van der Waals surface area contributed by atoms with Gasteiger partial charge in [0.15, 0.2) is 5.69 Å². The van der Waals surface area contributed by atoms with Crippen LogP contribution >= 0.6 is 0 Å². The third-order valence-electron chi connectivity index (χ3n) is 3.36. The second-order valence-corrected chi connectivity index (χ2v) is 5.04. The highest BCUT2D eigenvalue weighted by Gasteiger charge is 2.14. The van der Waals surface area contributed by atoms with Crippen LogP contribution in [0.15, 0.2) is 36.4 Å². The molecule has 0 saturated carbocycles. The Morgan fingerprint density at radius 2 is 2.00 bits per heavy atom. The Bertz CT molecular complexity index is 839. The van der Waals surface area contributed by atoms with Gasteiger partial charge in [0.25, 0.3) is 5.91 Å². The number of anilines is 1. The highest BCUT2D eigenvalue weighted by Crippen LogP contribution is 2.19. The zero-order valence-electron chi connectivity index (χ0n) is 11.7. The van der Waals surface area contributed by atoms with E-state index in [1.165, 1.54) is 6.07 Å². The van der Waals surface area contributed by atoms with Gasteiger partial charge in [-0.3, -0.25) is 9.89 Å². The fraction of sp³-hybridized carbons (Fsp3) is 0.125. The van der Waals surface area contributed by atoms with Crippen molar-refractivity contribution in [3.63, 3.8) is 0 Å². The van der Waals surface area contributed by atoms with Crippen molar-refractivity contribution in [2.45, 2.75) is 13.8 Å². The lowest BCUT2D eigenvalue weighted by Crippen LogP contribution is -2.13. The summed E-state index contributed by atoms with van der Waals surface area (Å²) in [6.07, 6.45) is 0. The van der Waals surface area contributed by atoms with Crippen molar-refractivity contribution in [3.8, 4) is 0 Å². The molecule has 0 radical (unpaired) electrons. The molecule has 0 atom stereocenters. The average Bonchev–Trinajstić information content (AvgIpc) is 2.86.